The average molecular weight is 367 g/mol. The molecule has 3 heterocycles. The van der Waals surface area contributed by atoms with Crippen LogP contribution in [0.5, 0.6) is 0 Å². The molecule has 7 heteroatoms. The maximum Gasteiger partial charge on any atom is 0.410 e. The summed E-state index contributed by atoms with van der Waals surface area (Å²) in [7, 11) is 0. The van der Waals surface area contributed by atoms with E-state index in [2.05, 4.69) is 26.1 Å². The summed E-state index contributed by atoms with van der Waals surface area (Å²) in [6.45, 7) is 6.31. The second kappa shape index (κ2) is 5.53. The molecule has 0 N–H and O–H groups in total. The van der Waals surface area contributed by atoms with Gasteiger partial charge in [0.15, 0.2) is 11.5 Å². The summed E-state index contributed by atoms with van der Waals surface area (Å²) >= 11 is 3.46. The highest BCUT2D eigenvalue weighted by atomic mass is 79.9. The molecule has 118 valence electrons. The molecule has 0 unspecified atom stereocenters. The van der Waals surface area contributed by atoms with Crippen molar-refractivity contribution < 1.29 is 9.53 Å². The molecule has 1 fully saturated rings. The molecule has 2 aromatic rings. The van der Waals surface area contributed by atoms with Crippen LogP contribution in [0.2, 0.25) is 0 Å². The number of halogens is 1. The molecule has 0 aliphatic carbocycles. The predicted molar refractivity (Wildman–Crippen MR) is 85.6 cm³/mol. The van der Waals surface area contributed by atoms with Gasteiger partial charge in [0.2, 0.25) is 0 Å². The smallest absolute Gasteiger partial charge is 0.410 e. The van der Waals surface area contributed by atoms with Gasteiger partial charge in [-0.2, -0.15) is 0 Å². The highest BCUT2D eigenvalue weighted by Gasteiger charge is 2.35. The number of amides is 1. The first-order valence-corrected chi connectivity index (χ1v) is 8.14. The number of nitrogens with zero attached hydrogens (tertiary/aromatic N) is 4. The molecular formula is C15H19BrN4O2. The Bertz CT molecular complexity index is 707. The maximum absolute atomic E-state index is 12.4. The van der Waals surface area contributed by atoms with Crippen molar-refractivity contribution >= 4 is 27.7 Å². The molecule has 1 aliphatic heterocycles. The molecule has 0 aromatic carbocycles. The fourth-order valence-electron chi connectivity index (χ4n) is 2.68. The fraction of sp³-hybridized carbons (Fsp3) is 0.533. The molecule has 0 radical (unpaired) electrons. The molecule has 22 heavy (non-hydrogen) atoms. The standard InChI is InChI=1S/C15H19BrN4O2/c1-15(2,3)22-14(21)19-8-4-5-11(19)13-18-17-12-7-6-10(16)9-20(12)13/h6-7,9,11H,4-5,8H2,1-3H3/t11-/m1/s1. The summed E-state index contributed by atoms with van der Waals surface area (Å²) < 4.78 is 8.38. The van der Waals surface area contributed by atoms with E-state index in [-0.39, 0.29) is 12.1 Å². The molecule has 2 aromatic heterocycles. The highest BCUT2D eigenvalue weighted by molar-refractivity contribution is 9.10. The van der Waals surface area contributed by atoms with Gasteiger partial charge in [0, 0.05) is 17.2 Å². The third kappa shape index (κ3) is 2.95. The molecular weight excluding hydrogens is 348 g/mol. The lowest BCUT2D eigenvalue weighted by atomic mass is 10.2. The molecule has 1 amide bonds. The van der Waals surface area contributed by atoms with Crippen LogP contribution in [0.1, 0.15) is 45.5 Å². The monoisotopic (exact) mass is 366 g/mol. The first-order valence-electron chi connectivity index (χ1n) is 7.35. The summed E-state index contributed by atoms with van der Waals surface area (Å²) in [5.41, 5.74) is 0.273. The molecule has 1 aliphatic rings. The van der Waals surface area contributed by atoms with E-state index < -0.39 is 5.60 Å². The molecule has 6 nitrogen and oxygen atoms in total. The van der Waals surface area contributed by atoms with Gasteiger partial charge in [-0.05, 0) is 61.7 Å². The van der Waals surface area contributed by atoms with Gasteiger partial charge >= 0.3 is 6.09 Å². The van der Waals surface area contributed by atoms with Crippen LogP contribution >= 0.6 is 15.9 Å². The highest BCUT2D eigenvalue weighted by Crippen LogP contribution is 2.32. The third-order valence-corrected chi connectivity index (χ3v) is 4.04. The zero-order valence-electron chi connectivity index (χ0n) is 12.9. The van der Waals surface area contributed by atoms with Crippen molar-refractivity contribution in [3.63, 3.8) is 0 Å². The van der Waals surface area contributed by atoms with Gasteiger partial charge in [-0.15, -0.1) is 10.2 Å². The fourth-order valence-corrected chi connectivity index (χ4v) is 3.02. The maximum atomic E-state index is 12.4. The zero-order valence-corrected chi connectivity index (χ0v) is 14.5. The molecule has 0 bridgehead atoms. The minimum Gasteiger partial charge on any atom is -0.444 e. The van der Waals surface area contributed by atoms with E-state index in [9.17, 15) is 4.79 Å². The number of carbonyl (C=O) groups excluding carboxylic acids is 1. The second-order valence-electron chi connectivity index (χ2n) is 6.47. The van der Waals surface area contributed by atoms with E-state index in [4.69, 9.17) is 4.74 Å². The Labute approximate surface area is 137 Å². The van der Waals surface area contributed by atoms with Gasteiger partial charge in [0.1, 0.15) is 5.60 Å². The lowest BCUT2D eigenvalue weighted by molar-refractivity contribution is 0.0217. The van der Waals surface area contributed by atoms with E-state index in [0.717, 1.165) is 28.8 Å². The van der Waals surface area contributed by atoms with Crippen LogP contribution in [0, 0.1) is 0 Å². The van der Waals surface area contributed by atoms with Gasteiger partial charge < -0.3 is 4.74 Å². The number of carbonyl (C=O) groups is 1. The van der Waals surface area contributed by atoms with Crippen LogP contribution in [0.4, 0.5) is 4.79 Å². The summed E-state index contributed by atoms with van der Waals surface area (Å²) in [6.07, 6.45) is 3.44. The van der Waals surface area contributed by atoms with E-state index in [1.165, 1.54) is 0 Å². The number of fused-ring (bicyclic) bond motifs is 1. The quantitative estimate of drug-likeness (QED) is 0.773. The van der Waals surface area contributed by atoms with Crippen LogP contribution in [-0.2, 0) is 4.74 Å². The van der Waals surface area contributed by atoms with Crippen molar-refractivity contribution in [2.45, 2.75) is 45.3 Å². The number of likely N-dealkylation sites (tertiary alicyclic amines) is 1. The van der Waals surface area contributed by atoms with E-state index >= 15 is 0 Å². The summed E-state index contributed by atoms with van der Waals surface area (Å²) in [4.78, 5) is 14.2. The van der Waals surface area contributed by atoms with Gasteiger partial charge in [0.25, 0.3) is 0 Å². The molecule has 0 spiro atoms. The Morgan fingerprint density at radius 2 is 2.14 bits per heavy atom. The zero-order chi connectivity index (χ0) is 15.9. The predicted octanol–water partition coefficient (Wildman–Crippen LogP) is 3.56. The average Bonchev–Trinajstić information content (AvgIpc) is 3.01. The summed E-state index contributed by atoms with van der Waals surface area (Å²) in [5.74, 6) is 0.777. The van der Waals surface area contributed by atoms with Crippen molar-refractivity contribution in [3.05, 3.63) is 28.6 Å². The third-order valence-electron chi connectivity index (χ3n) is 3.57. The lowest BCUT2D eigenvalue weighted by Crippen LogP contribution is -2.36. The van der Waals surface area contributed by atoms with Crippen LogP contribution in [0.25, 0.3) is 5.65 Å². The van der Waals surface area contributed by atoms with E-state index in [1.54, 1.807) is 4.90 Å². The minimum atomic E-state index is -0.500. The Balaban J connectivity index is 1.92. The van der Waals surface area contributed by atoms with Gasteiger partial charge in [-0.3, -0.25) is 9.30 Å². The van der Waals surface area contributed by atoms with Crippen molar-refractivity contribution in [3.8, 4) is 0 Å². The number of hydrogen-bond donors (Lipinski definition) is 0. The second-order valence-corrected chi connectivity index (χ2v) is 7.38. The Kier molecular flexibility index (Phi) is 3.84. The molecule has 1 atom stereocenters. The van der Waals surface area contributed by atoms with Gasteiger partial charge in [-0.1, -0.05) is 0 Å². The van der Waals surface area contributed by atoms with Crippen molar-refractivity contribution in [1.29, 1.82) is 0 Å². The van der Waals surface area contributed by atoms with Gasteiger partial charge in [0.05, 0.1) is 6.04 Å². The first kappa shape index (κ1) is 15.3. The number of aromatic nitrogens is 3. The Morgan fingerprint density at radius 3 is 2.86 bits per heavy atom. The Morgan fingerprint density at radius 1 is 1.36 bits per heavy atom. The minimum absolute atomic E-state index is 0.0980. The molecule has 0 saturated carbocycles. The number of ether oxygens (including phenoxy) is 1. The number of hydrogen-bond acceptors (Lipinski definition) is 4. The van der Waals surface area contributed by atoms with E-state index in [1.807, 2.05) is 43.5 Å². The number of rotatable bonds is 1. The largest absolute Gasteiger partial charge is 0.444 e. The first-order chi connectivity index (χ1) is 10.3. The Hall–Kier alpha value is -1.63. The van der Waals surface area contributed by atoms with E-state index in [0.29, 0.717) is 6.54 Å². The van der Waals surface area contributed by atoms with Crippen molar-refractivity contribution in [1.82, 2.24) is 19.5 Å². The van der Waals surface area contributed by atoms with Crippen LogP contribution in [0.15, 0.2) is 22.8 Å². The summed E-state index contributed by atoms with van der Waals surface area (Å²) in [5, 5.41) is 8.48. The van der Waals surface area contributed by atoms with Gasteiger partial charge in [-0.25, -0.2) is 4.79 Å². The van der Waals surface area contributed by atoms with Crippen LogP contribution in [-0.4, -0.2) is 37.7 Å². The number of pyridine rings is 1. The normalized spacial score (nSPS) is 18.9. The van der Waals surface area contributed by atoms with Crippen molar-refractivity contribution in [2.75, 3.05) is 6.54 Å². The SMILES string of the molecule is CC(C)(C)OC(=O)N1CCC[C@@H]1c1nnc2ccc(Br)cn12. The lowest BCUT2D eigenvalue weighted by Gasteiger charge is -2.27. The van der Waals surface area contributed by atoms with Crippen LogP contribution < -0.4 is 0 Å². The van der Waals surface area contributed by atoms with Crippen molar-refractivity contribution in [2.24, 2.45) is 0 Å². The molecule has 3 rings (SSSR count). The summed E-state index contributed by atoms with van der Waals surface area (Å²) in [6, 6.07) is 3.72. The van der Waals surface area contributed by atoms with Crippen LogP contribution in [0.3, 0.4) is 0 Å². The topological polar surface area (TPSA) is 59.7 Å². The molecule has 1 saturated heterocycles.